The van der Waals surface area contributed by atoms with Crippen LogP contribution in [0.25, 0.3) is 0 Å². The molecule has 0 saturated heterocycles. The van der Waals surface area contributed by atoms with Crippen LogP contribution in [-0.2, 0) is 11.3 Å². The summed E-state index contributed by atoms with van der Waals surface area (Å²) >= 11 is 0. The van der Waals surface area contributed by atoms with Gasteiger partial charge in [-0.2, -0.15) is 0 Å². The van der Waals surface area contributed by atoms with Crippen LogP contribution in [-0.4, -0.2) is 24.8 Å². The van der Waals surface area contributed by atoms with Crippen molar-refractivity contribution in [2.45, 2.75) is 38.6 Å². The van der Waals surface area contributed by atoms with Gasteiger partial charge in [0.15, 0.2) is 0 Å². The van der Waals surface area contributed by atoms with Crippen molar-refractivity contribution < 1.29 is 9.18 Å². The van der Waals surface area contributed by atoms with Crippen LogP contribution in [0.4, 0.5) is 4.39 Å². The SMILES string of the molecule is CN(Cc1ccccc1F)CC1(C=O)CCCCC1. The van der Waals surface area contributed by atoms with Gasteiger partial charge in [0, 0.05) is 24.1 Å². The smallest absolute Gasteiger partial charge is 0.127 e. The van der Waals surface area contributed by atoms with Crippen molar-refractivity contribution in [3.05, 3.63) is 35.6 Å². The second kappa shape index (κ2) is 6.29. The van der Waals surface area contributed by atoms with Crippen LogP contribution in [0.1, 0.15) is 37.7 Å². The largest absolute Gasteiger partial charge is 0.303 e. The maximum atomic E-state index is 13.6. The zero-order chi connectivity index (χ0) is 13.7. The fraction of sp³-hybridized carbons (Fsp3) is 0.562. The molecule has 1 fully saturated rings. The molecule has 0 N–H and O–H groups in total. The summed E-state index contributed by atoms with van der Waals surface area (Å²) in [6.07, 6.45) is 6.56. The molecule has 0 radical (unpaired) electrons. The molecule has 0 heterocycles. The Balaban J connectivity index is 1.98. The third-order valence-corrected chi connectivity index (χ3v) is 4.08. The van der Waals surface area contributed by atoms with Gasteiger partial charge in [0.1, 0.15) is 12.1 Å². The van der Waals surface area contributed by atoms with Gasteiger partial charge in [0.2, 0.25) is 0 Å². The van der Waals surface area contributed by atoms with Crippen molar-refractivity contribution in [2.75, 3.05) is 13.6 Å². The molecule has 1 aliphatic carbocycles. The maximum absolute atomic E-state index is 13.6. The average Bonchev–Trinajstić information content (AvgIpc) is 2.42. The van der Waals surface area contributed by atoms with E-state index in [0.717, 1.165) is 38.5 Å². The summed E-state index contributed by atoms with van der Waals surface area (Å²) in [6, 6.07) is 6.84. The maximum Gasteiger partial charge on any atom is 0.127 e. The summed E-state index contributed by atoms with van der Waals surface area (Å²) in [7, 11) is 1.96. The molecular formula is C16H22FNO. The summed E-state index contributed by atoms with van der Waals surface area (Å²) in [5, 5.41) is 0. The minimum atomic E-state index is -0.210. The predicted octanol–water partition coefficient (Wildman–Crippen LogP) is 3.41. The van der Waals surface area contributed by atoms with Gasteiger partial charge in [0.25, 0.3) is 0 Å². The van der Waals surface area contributed by atoms with E-state index in [1.54, 1.807) is 12.1 Å². The number of halogens is 1. The van der Waals surface area contributed by atoms with Crippen molar-refractivity contribution in [1.29, 1.82) is 0 Å². The van der Waals surface area contributed by atoms with E-state index in [2.05, 4.69) is 4.90 Å². The molecule has 0 spiro atoms. The van der Waals surface area contributed by atoms with Crippen LogP contribution in [0.5, 0.6) is 0 Å². The molecule has 104 valence electrons. The van der Waals surface area contributed by atoms with Gasteiger partial charge in [-0.3, -0.25) is 0 Å². The van der Waals surface area contributed by atoms with E-state index in [4.69, 9.17) is 0 Å². The molecule has 1 saturated carbocycles. The van der Waals surface area contributed by atoms with Crippen LogP contribution in [0.2, 0.25) is 0 Å². The Labute approximate surface area is 114 Å². The lowest BCUT2D eigenvalue weighted by molar-refractivity contribution is -0.119. The monoisotopic (exact) mass is 263 g/mol. The highest BCUT2D eigenvalue weighted by atomic mass is 19.1. The quantitative estimate of drug-likeness (QED) is 0.759. The van der Waals surface area contributed by atoms with Crippen LogP contribution in [0, 0.1) is 11.2 Å². The molecule has 0 bridgehead atoms. The van der Waals surface area contributed by atoms with Gasteiger partial charge in [-0.25, -0.2) is 4.39 Å². The van der Waals surface area contributed by atoms with E-state index in [1.165, 1.54) is 12.5 Å². The molecule has 0 aromatic heterocycles. The molecule has 0 amide bonds. The third kappa shape index (κ3) is 3.63. The number of hydrogen-bond acceptors (Lipinski definition) is 2. The van der Waals surface area contributed by atoms with E-state index >= 15 is 0 Å². The molecule has 0 atom stereocenters. The number of carbonyl (C=O) groups excluding carboxylic acids is 1. The summed E-state index contributed by atoms with van der Waals surface area (Å²) < 4.78 is 13.6. The standard InChI is InChI=1S/C16H22FNO/c1-18(11-14-7-3-4-8-15(14)17)12-16(13-19)9-5-2-6-10-16/h3-4,7-8,13H,2,5-6,9-12H2,1H3. The first-order valence-corrected chi connectivity index (χ1v) is 7.03. The minimum absolute atomic E-state index is 0.168. The van der Waals surface area contributed by atoms with Crippen molar-refractivity contribution in [3.8, 4) is 0 Å². The van der Waals surface area contributed by atoms with Gasteiger partial charge in [0.05, 0.1) is 0 Å². The molecule has 1 aromatic carbocycles. The molecule has 2 rings (SSSR count). The Hall–Kier alpha value is -1.22. The Morgan fingerprint density at radius 3 is 2.58 bits per heavy atom. The molecule has 3 heteroatoms. The molecule has 1 aliphatic rings. The summed E-state index contributed by atoms with van der Waals surface area (Å²) in [6.45, 7) is 1.28. The van der Waals surface area contributed by atoms with Crippen LogP contribution in [0.3, 0.4) is 0 Å². The zero-order valence-corrected chi connectivity index (χ0v) is 11.6. The first kappa shape index (κ1) is 14.2. The van der Waals surface area contributed by atoms with E-state index in [-0.39, 0.29) is 11.2 Å². The summed E-state index contributed by atoms with van der Waals surface area (Å²) in [5.74, 6) is -0.168. The Morgan fingerprint density at radius 1 is 1.26 bits per heavy atom. The topological polar surface area (TPSA) is 20.3 Å². The van der Waals surface area contributed by atoms with Gasteiger partial charge >= 0.3 is 0 Å². The molecule has 1 aromatic rings. The van der Waals surface area contributed by atoms with Crippen molar-refractivity contribution >= 4 is 6.29 Å². The number of carbonyl (C=O) groups is 1. The number of nitrogens with zero attached hydrogens (tertiary/aromatic N) is 1. The highest BCUT2D eigenvalue weighted by Crippen LogP contribution is 2.35. The van der Waals surface area contributed by atoms with Crippen LogP contribution < -0.4 is 0 Å². The average molecular weight is 263 g/mol. The summed E-state index contributed by atoms with van der Waals surface area (Å²) in [5.41, 5.74) is 0.486. The van der Waals surface area contributed by atoms with E-state index < -0.39 is 0 Å². The zero-order valence-electron chi connectivity index (χ0n) is 11.6. The molecule has 2 nitrogen and oxygen atoms in total. The highest BCUT2D eigenvalue weighted by molar-refractivity contribution is 5.60. The number of aldehydes is 1. The molecule has 0 aliphatic heterocycles. The van der Waals surface area contributed by atoms with Crippen molar-refractivity contribution in [2.24, 2.45) is 5.41 Å². The Kier molecular flexibility index (Phi) is 4.70. The summed E-state index contributed by atoms with van der Waals surface area (Å²) in [4.78, 5) is 13.5. The van der Waals surface area contributed by atoms with E-state index in [9.17, 15) is 9.18 Å². The van der Waals surface area contributed by atoms with Gasteiger partial charge < -0.3 is 9.69 Å². The van der Waals surface area contributed by atoms with Crippen molar-refractivity contribution in [1.82, 2.24) is 4.90 Å². The lowest BCUT2D eigenvalue weighted by Crippen LogP contribution is -2.38. The first-order chi connectivity index (χ1) is 9.15. The normalized spacial score (nSPS) is 18.5. The Morgan fingerprint density at radius 2 is 1.95 bits per heavy atom. The van der Waals surface area contributed by atoms with Crippen LogP contribution in [0.15, 0.2) is 24.3 Å². The van der Waals surface area contributed by atoms with Crippen molar-refractivity contribution in [3.63, 3.8) is 0 Å². The number of rotatable bonds is 5. The fourth-order valence-electron chi connectivity index (χ4n) is 3.08. The molecular weight excluding hydrogens is 241 g/mol. The van der Waals surface area contributed by atoms with Gasteiger partial charge in [-0.05, 0) is 26.0 Å². The number of hydrogen-bond donors (Lipinski definition) is 0. The molecule has 19 heavy (non-hydrogen) atoms. The number of benzene rings is 1. The first-order valence-electron chi connectivity index (χ1n) is 7.03. The third-order valence-electron chi connectivity index (χ3n) is 4.08. The second-order valence-corrected chi connectivity index (χ2v) is 5.80. The van der Waals surface area contributed by atoms with Crippen LogP contribution >= 0.6 is 0 Å². The van der Waals surface area contributed by atoms with Gasteiger partial charge in [-0.15, -0.1) is 0 Å². The fourth-order valence-corrected chi connectivity index (χ4v) is 3.08. The predicted molar refractivity (Wildman–Crippen MR) is 74.3 cm³/mol. The molecule has 0 unspecified atom stereocenters. The lowest BCUT2D eigenvalue weighted by atomic mass is 9.75. The minimum Gasteiger partial charge on any atom is -0.303 e. The highest BCUT2D eigenvalue weighted by Gasteiger charge is 2.32. The Bertz CT molecular complexity index is 427. The van der Waals surface area contributed by atoms with Gasteiger partial charge in [-0.1, -0.05) is 37.5 Å². The van der Waals surface area contributed by atoms with E-state index in [0.29, 0.717) is 12.1 Å². The van der Waals surface area contributed by atoms with E-state index in [1.807, 2.05) is 13.1 Å². The lowest BCUT2D eigenvalue weighted by Gasteiger charge is -2.35. The second-order valence-electron chi connectivity index (χ2n) is 5.80.